The Bertz CT molecular complexity index is 2530. The van der Waals surface area contributed by atoms with Gasteiger partial charge in [0.1, 0.15) is 0 Å². The van der Waals surface area contributed by atoms with Gasteiger partial charge < -0.3 is 56.0 Å². The number of ether oxygens (including phenoxy) is 4. The molecule has 10 bridgehead atoms. The van der Waals surface area contributed by atoms with Crippen molar-refractivity contribution in [1.82, 2.24) is 35.6 Å². The fourth-order valence-corrected chi connectivity index (χ4v) is 9.57. The van der Waals surface area contributed by atoms with Gasteiger partial charge >= 0.3 is 0 Å². The number of aryl methyl sites for hydroxylation is 6. The van der Waals surface area contributed by atoms with Gasteiger partial charge in [0.15, 0.2) is 0 Å². The molecule has 6 rings (SSSR count). The monoisotopic (exact) mass is 948 g/mol. The molecule has 0 aromatic carbocycles. The van der Waals surface area contributed by atoms with E-state index in [0.717, 1.165) is 115 Å². The number of aromatic amines is 3. The van der Waals surface area contributed by atoms with E-state index >= 15 is 0 Å². The molecule has 0 fully saturated rings. The molecular weight excluding hydrogens is 871 g/mol. The van der Waals surface area contributed by atoms with Crippen molar-refractivity contribution in [2.75, 3.05) is 79.0 Å². The van der Waals surface area contributed by atoms with Gasteiger partial charge in [-0.15, -0.1) is 0 Å². The highest BCUT2D eigenvalue weighted by Gasteiger charge is 2.25. The number of H-pyrrole nitrogens is 3. The minimum atomic E-state index is -0.0363. The lowest BCUT2D eigenvalue weighted by Crippen LogP contribution is -2.27. The normalized spacial score (nSPS) is 12.7. The van der Waals surface area contributed by atoms with E-state index in [9.17, 15) is 9.59 Å². The first kappa shape index (κ1) is 52.9. The summed E-state index contributed by atoms with van der Waals surface area (Å²) in [5.74, 6) is -0.0726. The zero-order valence-electron chi connectivity index (χ0n) is 42.5. The molecule has 2 aliphatic rings. The third-order valence-corrected chi connectivity index (χ3v) is 13.3. The van der Waals surface area contributed by atoms with Crippen molar-refractivity contribution in [2.45, 2.75) is 107 Å². The van der Waals surface area contributed by atoms with Gasteiger partial charge in [-0.05, 0) is 146 Å². The lowest BCUT2D eigenvalue weighted by Gasteiger charge is -2.07. The maximum Gasteiger partial charge on any atom is 0.220 e. The van der Waals surface area contributed by atoms with Crippen LogP contribution in [0, 0.1) is 13.8 Å². The number of hydrogen-bond donors (Lipinski definition) is 7. The molecule has 374 valence electrons. The molecule has 6 heterocycles. The summed E-state index contributed by atoms with van der Waals surface area (Å²) in [5, 5.41) is 6.06. The van der Waals surface area contributed by atoms with Crippen LogP contribution in [0.2, 0.25) is 0 Å². The van der Waals surface area contributed by atoms with Gasteiger partial charge in [0, 0.05) is 72.1 Å². The molecular formula is C54H77N9O6. The van der Waals surface area contributed by atoms with E-state index in [2.05, 4.69) is 105 Å². The second-order valence-electron chi connectivity index (χ2n) is 17.6. The number of amides is 2. The largest absolute Gasteiger partial charge is 0.378 e. The van der Waals surface area contributed by atoms with Crippen LogP contribution in [0.3, 0.4) is 0 Å². The molecule has 0 atom stereocenters. The second kappa shape index (κ2) is 26.0. The first-order valence-electron chi connectivity index (χ1n) is 25.1. The quantitative estimate of drug-likeness (QED) is 0.0302. The number of nitrogens with zero attached hydrogens (tertiary/aromatic N) is 2. The van der Waals surface area contributed by atoms with Gasteiger partial charge in [-0.1, -0.05) is 27.7 Å². The smallest absolute Gasteiger partial charge is 0.220 e. The minimum Gasteiger partial charge on any atom is -0.378 e. The first-order chi connectivity index (χ1) is 33.5. The van der Waals surface area contributed by atoms with Crippen molar-refractivity contribution in [1.29, 1.82) is 0 Å². The predicted molar refractivity (Wildman–Crippen MR) is 280 cm³/mol. The van der Waals surface area contributed by atoms with Crippen LogP contribution in [0.15, 0.2) is 24.3 Å². The Kier molecular flexibility index (Phi) is 19.9. The third kappa shape index (κ3) is 13.1. The van der Waals surface area contributed by atoms with E-state index in [4.69, 9.17) is 40.4 Å². The Balaban J connectivity index is 1.47. The van der Waals surface area contributed by atoms with Crippen LogP contribution in [0.5, 0.6) is 0 Å². The van der Waals surface area contributed by atoms with Crippen LogP contribution in [-0.4, -0.2) is 116 Å². The zero-order chi connectivity index (χ0) is 49.5. The Morgan fingerprint density at radius 3 is 1.22 bits per heavy atom. The summed E-state index contributed by atoms with van der Waals surface area (Å²) >= 11 is 0. The Labute approximate surface area is 407 Å². The zero-order valence-corrected chi connectivity index (χ0v) is 42.5. The van der Waals surface area contributed by atoms with Gasteiger partial charge in [-0.3, -0.25) is 9.59 Å². The van der Waals surface area contributed by atoms with E-state index in [1.807, 2.05) is 0 Å². The van der Waals surface area contributed by atoms with E-state index in [0.29, 0.717) is 105 Å². The summed E-state index contributed by atoms with van der Waals surface area (Å²) in [6, 6.07) is 8.77. The average Bonchev–Trinajstić information content (AvgIpc) is 4.10. The number of aromatic nitrogens is 5. The lowest BCUT2D eigenvalue weighted by atomic mass is 9.99. The summed E-state index contributed by atoms with van der Waals surface area (Å²) in [6.07, 6.45) is 4.97. The number of carbonyl (C=O) groups excluding carboxylic acids is 2. The number of carbonyl (C=O) groups is 2. The number of fused-ring (bicyclic) bond motifs is 11. The van der Waals surface area contributed by atoms with E-state index in [-0.39, 0.29) is 11.8 Å². The summed E-state index contributed by atoms with van der Waals surface area (Å²) in [6.45, 7) is 22.8. The standard InChI is InChI=1S/C54H77N9O6/c1-9-37-35(7)53-54-36(8)38(10-2)46(63-54)30-44-34(6)42(14-16-52(65)58-20-24-69-28-26-67-22-18-56)50(60-44)32-48-40(12-4)39(11-3)47(61-48)31-49-41(33(5)43(59-49)29-45(37)62-53)13-15-51(64)57-19-23-68-27-25-66-21-17-55/h29-32,59-61H,9-28,55-56H2,1-8H3,(H,57,64)(H,58,65). The van der Waals surface area contributed by atoms with E-state index < -0.39 is 0 Å². The molecule has 2 amide bonds. The first-order valence-corrected chi connectivity index (χ1v) is 25.1. The van der Waals surface area contributed by atoms with Crippen molar-refractivity contribution in [3.8, 4) is 0 Å². The topological polar surface area (TPSA) is 220 Å². The van der Waals surface area contributed by atoms with Gasteiger partial charge in [-0.25, -0.2) is 9.97 Å². The van der Waals surface area contributed by atoms with Crippen LogP contribution in [-0.2, 0) is 54.2 Å². The highest BCUT2D eigenvalue weighted by Crippen LogP contribution is 2.40. The lowest BCUT2D eigenvalue weighted by molar-refractivity contribution is -0.122. The summed E-state index contributed by atoms with van der Waals surface area (Å²) < 4.78 is 22.0. The molecule has 0 unspecified atom stereocenters. The molecule has 15 nitrogen and oxygen atoms in total. The average molecular weight is 948 g/mol. The summed E-state index contributed by atoms with van der Waals surface area (Å²) in [4.78, 5) is 48.7. The molecule has 2 aliphatic heterocycles. The van der Waals surface area contributed by atoms with Crippen molar-refractivity contribution >= 4 is 67.2 Å². The molecule has 69 heavy (non-hydrogen) atoms. The highest BCUT2D eigenvalue weighted by molar-refractivity contribution is 6.00. The molecule has 9 N–H and O–H groups in total. The van der Waals surface area contributed by atoms with Crippen LogP contribution < -0.4 is 22.1 Å². The fraction of sp³-hybridized carbons (Fsp3) is 0.519. The molecule has 4 aromatic heterocycles. The van der Waals surface area contributed by atoms with Crippen molar-refractivity contribution in [3.05, 3.63) is 80.4 Å². The van der Waals surface area contributed by atoms with E-state index in [1.54, 1.807) is 0 Å². The molecule has 0 saturated heterocycles. The van der Waals surface area contributed by atoms with Gasteiger partial charge in [0.05, 0.1) is 75.6 Å². The van der Waals surface area contributed by atoms with Crippen LogP contribution >= 0.6 is 0 Å². The van der Waals surface area contributed by atoms with Crippen molar-refractivity contribution in [2.24, 2.45) is 11.5 Å². The van der Waals surface area contributed by atoms with Gasteiger partial charge in [0.2, 0.25) is 11.8 Å². The molecule has 0 aliphatic carbocycles. The van der Waals surface area contributed by atoms with Crippen LogP contribution in [0.1, 0.15) is 123 Å². The predicted octanol–water partition coefficient (Wildman–Crippen LogP) is 7.86. The fourth-order valence-electron chi connectivity index (χ4n) is 9.57. The second-order valence-corrected chi connectivity index (χ2v) is 17.6. The third-order valence-electron chi connectivity index (χ3n) is 13.3. The molecule has 0 radical (unpaired) electrons. The molecule has 0 saturated carbocycles. The molecule has 4 aromatic rings. The van der Waals surface area contributed by atoms with Crippen molar-refractivity contribution < 1.29 is 28.5 Å². The number of rotatable bonds is 26. The number of nitrogens with one attached hydrogen (secondary N) is 5. The number of nitrogens with two attached hydrogens (primary N) is 2. The van der Waals surface area contributed by atoms with E-state index in [1.165, 1.54) is 22.3 Å². The molecule has 0 spiro atoms. The van der Waals surface area contributed by atoms with Gasteiger partial charge in [0.25, 0.3) is 0 Å². The highest BCUT2D eigenvalue weighted by atomic mass is 16.5. The number of allylic oxidation sites excluding steroid dienone is 4. The summed E-state index contributed by atoms with van der Waals surface area (Å²) in [5.41, 5.74) is 31.9. The Hall–Kier alpha value is -5.42. The SMILES string of the molecule is CCC1=C(C)c2nc1cc1[nH]c(cc3[nH]c(cc4[nH]c(cc5nc2C(C)=C5CC)c(C)c4CCC(=O)NCCOCCOCCN)c(CC)c3CC)c(CCC(=O)NCCOCCOCCN)c1C. The maximum atomic E-state index is 13.3. The maximum absolute atomic E-state index is 13.3. The Morgan fingerprint density at radius 1 is 0.493 bits per heavy atom. The summed E-state index contributed by atoms with van der Waals surface area (Å²) in [7, 11) is 0. The molecule has 15 heteroatoms. The number of hydrogen-bond acceptors (Lipinski definition) is 10. The van der Waals surface area contributed by atoms with Crippen LogP contribution in [0.25, 0.3) is 55.4 Å². The Morgan fingerprint density at radius 2 is 0.855 bits per heavy atom. The van der Waals surface area contributed by atoms with Crippen LogP contribution in [0.4, 0.5) is 0 Å². The van der Waals surface area contributed by atoms with Gasteiger partial charge in [-0.2, -0.15) is 0 Å². The minimum absolute atomic E-state index is 0.0363. The van der Waals surface area contributed by atoms with Crippen molar-refractivity contribution in [3.63, 3.8) is 0 Å².